The van der Waals surface area contributed by atoms with E-state index in [0.29, 0.717) is 23.7 Å². The van der Waals surface area contributed by atoms with Gasteiger partial charge >= 0.3 is 0 Å². The van der Waals surface area contributed by atoms with Crippen LogP contribution in [0, 0.1) is 6.92 Å². The lowest BCUT2D eigenvalue weighted by atomic mass is 10.2. The molecule has 0 atom stereocenters. The Bertz CT molecular complexity index is 828. The van der Waals surface area contributed by atoms with Crippen molar-refractivity contribution in [2.45, 2.75) is 19.8 Å². The largest absolute Gasteiger partial charge is 0.311 e. The zero-order valence-corrected chi connectivity index (χ0v) is 12.8. The van der Waals surface area contributed by atoms with E-state index in [4.69, 9.17) is 11.6 Å². The summed E-state index contributed by atoms with van der Waals surface area (Å²) in [4.78, 5) is 20.6. The third-order valence-electron chi connectivity index (χ3n) is 3.41. The molecule has 1 N–H and O–H groups in total. The van der Waals surface area contributed by atoms with E-state index in [9.17, 15) is 4.79 Å². The van der Waals surface area contributed by atoms with Crippen LogP contribution in [0.1, 0.15) is 17.8 Å². The van der Waals surface area contributed by atoms with E-state index in [1.165, 1.54) is 0 Å². The second-order valence-corrected chi connectivity index (χ2v) is 5.42. The number of amides is 1. The number of aryl methyl sites for hydroxylation is 2. The Morgan fingerprint density at radius 3 is 3.05 bits per heavy atom. The van der Waals surface area contributed by atoms with Gasteiger partial charge in [0.05, 0.1) is 5.69 Å². The quantitative estimate of drug-likeness (QED) is 0.804. The maximum absolute atomic E-state index is 12.0. The van der Waals surface area contributed by atoms with E-state index in [1.807, 2.05) is 35.7 Å². The average Bonchev–Trinajstić information content (AvgIpc) is 2.80. The minimum atomic E-state index is -0.0972. The summed E-state index contributed by atoms with van der Waals surface area (Å²) in [5, 5.41) is 3.29. The summed E-state index contributed by atoms with van der Waals surface area (Å²) < 4.78 is 2.01. The summed E-state index contributed by atoms with van der Waals surface area (Å²) in [6.45, 7) is 1.96. The minimum Gasteiger partial charge on any atom is -0.311 e. The molecule has 1 amide bonds. The molecule has 5 nitrogen and oxygen atoms in total. The van der Waals surface area contributed by atoms with Gasteiger partial charge in [0.2, 0.25) is 5.91 Å². The van der Waals surface area contributed by atoms with Crippen LogP contribution >= 0.6 is 11.6 Å². The van der Waals surface area contributed by atoms with Crippen molar-refractivity contribution in [3.63, 3.8) is 0 Å². The van der Waals surface area contributed by atoms with Gasteiger partial charge in [0.1, 0.15) is 11.5 Å². The van der Waals surface area contributed by atoms with E-state index < -0.39 is 0 Å². The molecular formula is C16H15ClN4O. The molecule has 3 aromatic heterocycles. The molecule has 3 aromatic rings. The molecular weight excluding hydrogens is 300 g/mol. The maximum atomic E-state index is 12.0. The lowest BCUT2D eigenvalue weighted by Crippen LogP contribution is -2.14. The fourth-order valence-electron chi connectivity index (χ4n) is 2.38. The van der Waals surface area contributed by atoms with Crippen molar-refractivity contribution in [3.8, 4) is 0 Å². The number of aromatic nitrogens is 3. The lowest BCUT2D eigenvalue weighted by molar-refractivity contribution is -0.116. The van der Waals surface area contributed by atoms with Crippen molar-refractivity contribution >= 4 is 29.0 Å². The summed E-state index contributed by atoms with van der Waals surface area (Å²) in [5.74, 6) is 0.368. The van der Waals surface area contributed by atoms with Crippen LogP contribution in [0.15, 0.2) is 42.7 Å². The Morgan fingerprint density at radius 1 is 1.36 bits per heavy atom. The van der Waals surface area contributed by atoms with Crippen LogP contribution in [0.4, 0.5) is 5.82 Å². The standard InChI is InChI=1S/C16H15ClN4O/c1-11-13(21-9-3-2-4-15(21)19-11)5-6-16(22)20-14-10-12(17)7-8-18-14/h2-4,7-10H,5-6H2,1H3,(H,18,20,22). The number of hydrogen-bond acceptors (Lipinski definition) is 3. The van der Waals surface area contributed by atoms with Crippen molar-refractivity contribution in [2.75, 3.05) is 5.32 Å². The average molecular weight is 315 g/mol. The molecule has 0 aliphatic carbocycles. The Labute approximate surface area is 133 Å². The van der Waals surface area contributed by atoms with Crippen molar-refractivity contribution in [1.82, 2.24) is 14.4 Å². The zero-order chi connectivity index (χ0) is 15.5. The van der Waals surface area contributed by atoms with E-state index >= 15 is 0 Å². The predicted molar refractivity (Wildman–Crippen MR) is 86.1 cm³/mol. The number of nitrogens with zero attached hydrogens (tertiary/aromatic N) is 3. The third-order valence-corrected chi connectivity index (χ3v) is 3.64. The van der Waals surface area contributed by atoms with Crippen molar-refractivity contribution in [1.29, 1.82) is 0 Å². The molecule has 0 fully saturated rings. The van der Waals surface area contributed by atoms with Crippen LogP contribution in [-0.2, 0) is 11.2 Å². The number of fused-ring (bicyclic) bond motifs is 1. The molecule has 0 radical (unpaired) electrons. The fourth-order valence-corrected chi connectivity index (χ4v) is 2.54. The fraction of sp³-hybridized carbons (Fsp3) is 0.188. The topological polar surface area (TPSA) is 59.3 Å². The van der Waals surface area contributed by atoms with Gasteiger partial charge in [0.15, 0.2) is 0 Å². The first-order valence-electron chi connectivity index (χ1n) is 6.97. The summed E-state index contributed by atoms with van der Waals surface area (Å²) >= 11 is 5.87. The van der Waals surface area contributed by atoms with Gasteiger partial charge in [-0.15, -0.1) is 0 Å². The summed E-state index contributed by atoms with van der Waals surface area (Å²) in [6, 6.07) is 9.14. The molecule has 0 aliphatic rings. The number of carbonyl (C=O) groups excluding carboxylic acids is 1. The Morgan fingerprint density at radius 2 is 2.23 bits per heavy atom. The van der Waals surface area contributed by atoms with Gasteiger partial charge in [-0.25, -0.2) is 9.97 Å². The van der Waals surface area contributed by atoms with E-state index in [0.717, 1.165) is 17.0 Å². The van der Waals surface area contributed by atoms with Gasteiger partial charge in [-0.2, -0.15) is 0 Å². The molecule has 22 heavy (non-hydrogen) atoms. The second-order valence-electron chi connectivity index (χ2n) is 4.98. The molecule has 3 heterocycles. The highest BCUT2D eigenvalue weighted by Gasteiger charge is 2.11. The van der Waals surface area contributed by atoms with Gasteiger partial charge in [-0.05, 0) is 37.6 Å². The number of rotatable bonds is 4. The monoisotopic (exact) mass is 314 g/mol. The molecule has 0 saturated heterocycles. The maximum Gasteiger partial charge on any atom is 0.225 e. The lowest BCUT2D eigenvalue weighted by Gasteiger charge is -2.05. The smallest absolute Gasteiger partial charge is 0.225 e. The molecule has 112 valence electrons. The van der Waals surface area contributed by atoms with Gasteiger partial charge in [0.25, 0.3) is 0 Å². The van der Waals surface area contributed by atoms with E-state index in [1.54, 1.807) is 18.3 Å². The highest BCUT2D eigenvalue weighted by atomic mass is 35.5. The zero-order valence-electron chi connectivity index (χ0n) is 12.1. The van der Waals surface area contributed by atoms with E-state index in [-0.39, 0.29) is 5.91 Å². The highest BCUT2D eigenvalue weighted by molar-refractivity contribution is 6.30. The van der Waals surface area contributed by atoms with Crippen LogP contribution in [0.25, 0.3) is 5.65 Å². The van der Waals surface area contributed by atoms with Gasteiger partial charge in [-0.1, -0.05) is 17.7 Å². The van der Waals surface area contributed by atoms with Crippen molar-refractivity contribution in [3.05, 3.63) is 59.1 Å². The second kappa shape index (κ2) is 6.15. The first-order valence-corrected chi connectivity index (χ1v) is 7.35. The van der Waals surface area contributed by atoms with Crippen LogP contribution in [-0.4, -0.2) is 20.3 Å². The molecule has 0 saturated carbocycles. The number of hydrogen-bond donors (Lipinski definition) is 1. The van der Waals surface area contributed by atoms with Gasteiger partial charge in [0, 0.05) is 29.5 Å². The normalized spacial score (nSPS) is 10.8. The summed E-state index contributed by atoms with van der Waals surface area (Å²) in [6.07, 6.45) is 4.49. The van der Waals surface area contributed by atoms with E-state index in [2.05, 4.69) is 15.3 Å². The Hall–Kier alpha value is -2.40. The van der Waals surface area contributed by atoms with Gasteiger partial charge in [-0.3, -0.25) is 4.79 Å². The van der Waals surface area contributed by atoms with Gasteiger partial charge < -0.3 is 9.72 Å². The first-order chi connectivity index (χ1) is 10.6. The third kappa shape index (κ3) is 3.09. The van der Waals surface area contributed by atoms with Crippen LogP contribution in [0.3, 0.4) is 0 Å². The van der Waals surface area contributed by atoms with Crippen LogP contribution in [0.2, 0.25) is 5.02 Å². The number of carbonyl (C=O) groups is 1. The van der Waals surface area contributed by atoms with Crippen LogP contribution < -0.4 is 5.32 Å². The molecule has 0 aromatic carbocycles. The Kier molecular flexibility index (Phi) is 4.06. The number of imidazole rings is 1. The number of nitrogens with one attached hydrogen (secondary N) is 1. The first kappa shape index (κ1) is 14.5. The van der Waals surface area contributed by atoms with Crippen molar-refractivity contribution < 1.29 is 4.79 Å². The van der Waals surface area contributed by atoms with Crippen LogP contribution in [0.5, 0.6) is 0 Å². The highest BCUT2D eigenvalue weighted by Crippen LogP contribution is 2.15. The Balaban J connectivity index is 1.69. The molecule has 6 heteroatoms. The number of halogens is 1. The molecule has 0 aliphatic heterocycles. The number of anilines is 1. The predicted octanol–water partition coefficient (Wildman–Crippen LogP) is 3.26. The summed E-state index contributed by atoms with van der Waals surface area (Å²) in [7, 11) is 0. The molecule has 0 bridgehead atoms. The summed E-state index contributed by atoms with van der Waals surface area (Å²) in [5.41, 5.74) is 2.89. The van der Waals surface area contributed by atoms with Crippen molar-refractivity contribution in [2.24, 2.45) is 0 Å². The minimum absolute atomic E-state index is 0.0972. The molecule has 0 spiro atoms. The number of pyridine rings is 2. The SMILES string of the molecule is Cc1nc2ccccn2c1CCC(=O)Nc1cc(Cl)ccn1. The molecule has 3 rings (SSSR count). The molecule has 0 unspecified atom stereocenters.